The monoisotopic (exact) mass is 272 g/mol. The number of nitrogens with zero attached hydrogens (tertiary/aromatic N) is 1. The van der Waals surface area contributed by atoms with Gasteiger partial charge < -0.3 is 10.6 Å². The molecule has 0 saturated carbocycles. The van der Waals surface area contributed by atoms with Crippen molar-refractivity contribution in [3.8, 4) is 0 Å². The average Bonchev–Trinajstić information content (AvgIpc) is 2.13. The molecule has 1 fully saturated rings. The highest BCUT2D eigenvalue weighted by atomic mass is 35.5. The summed E-state index contributed by atoms with van der Waals surface area (Å²) in [6.07, 6.45) is 1.26. The zero-order valence-corrected chi connectivity index (χ0v) is 11.7. The molecule has 1 aromatic rings. The maximum Gasteiger partial charge on any atom is 0.0746 e. The molecule has 1 aliphatic heterocycles. The summed E-state index contributed by atoms with van der Waals surface area (Å²) in [4.78, 5) is 2.28. The lowest BCUT2D eigenvalue weighted by Gasteiger charge is -2.37. The van der Waals surface area contributed by atoms with E-state index in [0.717, 1.165) is 18.8 Å². The Balaban J connectivity index is 2.33. The van der Waals surface area contributed by atoms with Crippen LogP contribution in [0.1, 0.15) is 20.3 Å². The van der Waals surface area contributed by atoms with Crippen LogP contribution in [0.5, 0.6) is 0 Å². The predicted molar refractivity (Wildman–Crippen MR) is 76.0 cm³/mol. The number of nitrogen functional groups attached to an aromatic ring is 1. The maximum atomic E-state index is 6.26. The van der Waals surface area contributed by atoms with E-state index in [4.69, 9.17) is 28.9 Å². The summed E-state index contributed by atoms with van der Waals surface area (Å²) in [5, 5.41) is 1.30. The summed E-state index contributed by atoms with van der Waals surface area (Å²) in [5.74, 6) is 1.34. The Kier molecular flexibility index (Phi) is 3.74. The van der Waals surface area contributed by atoms with Crippen molar-refractivity contribution in [2.75, 3.05) is 23.7 Å². The third-order valence-electron chi connectivity index (χ3n) is 3.22. The second kappa shape index (κ2) is 4.95. The van der Waals surface area contributed by atoms with Crippen LogP contribution < -0.4 is 10.6 Å². The molecular weight excluding hydrogens is 255 g/mol. The van der Waals surface area contributed by atoms with Gasteiger partial charge >= 0.3 is 0 Å². The van der Waals surface area contributed by atoms with Gasteiger partial charge in [-0.1, -0.05) is 37.0 Å². The van der Waals surface area contributed by atoms with Gasteiger partial charge in [0.2, 0.25) is 0 Å². The first-order chi connectivity index (χ1) is 7.97. The molecule has 0 unspecified atom stereocenters. The van der Waals surface area contributed by atoms with Crippen molar-refractivity contribution in [2.45, 2.75) is 20.3 Å². The van der Waals surface area contributed by atoms with Crippen molar-refractivity contribution in [1.29, 1.82) is 0 Å². The van der Waals surface area contributed by atoms with Crippen LogP contribution >= 0.6 is 23.2 Å². The molecule has 2 atom stereocenters. The number of hydrogen-bond donors (Lipinski definition) is 1. The molecule has 0 bridgehead atoms. The van der Waals surface area contributed by atoms with Crippen LogP contribution in [0, 0.1) is 11.8 Å². The molecule has 0 aliphatic carbocycles. The summed E-state index contributed by atoms with van der Waals surface area (Å²) in [6.45, 7) is 6.55. The van der Waals surface area contributed by atoms with Crippen LogP contribution in [-0.4, -0.2) is 13.1 Å². The molecule has 2 N–H and O–H groups in total. The van der Waals surface area contributed by atoms with Crippen LogP contribution in [0.15, 0.2) is 12.1 Å². The molecule has 2 nitrogen and oxygen atoms in total. The smallest absolute Gasteiger partial charge is 0.0746 e. The Morgan fingerprint density at radius 2 is 1.59 bits per heavy atom. The quantitative estimate of drug-likeness (QED) is 0.782. The fourth-order valence-corrected chi connectivity index (χ4v) is 3.48. The largest absolute Gasteiger partial charge is 0.399 e. The Labute approximate surface area is 113 Å². The van der Waals surface area contributed by atoms with Gasteiger partial charge in [0.1, 0.15) is 0 Å². The minimum Gasteiger partial charge on any atom is -0.399 e. The molecule has 4 heteroatoms. The molecular formula is C13H18Cl2N2. The number of rotatable bonds is 1. The molecule has 17 heavy (non-hydrogen) atoms. The number of benzene rings is 1. The minimum absolute atomic E-state index is 0.613. The van der Waals surface area contributed by atoms with Gasteiger partial charge in [-0.15, -0.1) is 0 Å². The van der Waals surface area contributed by atoms with Gasteiger partial charge in [-0.2, -0.15) is 0 Å². The van der Waals surface area contributed by atoms with Crippen LogP contribution in [0.4, 0.5) is 11.4 Å². The van der Waals surface area contributed by atoms with E-state index in [1.807, 2.05) is 0 Å². The lowest BCUT2D eigenvalue weighted by molar-refractivity contribution is 0.357. The number of nitrogens with two attached hydrogens (primary N) is 1. The van der Waals surface area contributed by atoms with E-state index in [0.29, 0.717) is 27.6 Å². The fraction of sp³-hybridized carbons (Fsp3) is 0.538. The molecule has 0 aromatic heterocycles. The Hall–Kier alpha value is -0.600. The zero-order valence-electron chi connectivity index (χ0n) is 10.2. The summed E-state index contributed by atoms with van der Waals surface area (Å²) in [5.41, 5.74) is 7.27. The topological polar surface area (TPSA) is 29.3 Å². The van der Waals surface area contributed by atoms with Crippen LogP contribution in [0.25, 0.3) is 0 Å². The first-order valence-corrected chi connectivity index (χ1v) is 6.72. The molecule has 1 aromatic carbocycles. The Morgan fingerprint density at radius 3 is 2.06 bits per heavy atom. The van der Waals surface area contributed by atoms with Gasteiger partial charge in [0.25, 0.3) is 0 Å². The van der Waals surface area contributed by atoms with E-state index in [9.17, 15) is 0 Å². The number of anilines is 2. The fourth-order valence-electron chi connectivity index (χ4n) is 2.73. The number of hydrogen-bond acceptors (Lipinski definition) is 2. The first-order valence-electron chi connectivity index (χ1n) is 5.97. The summed E-state index contributed by atoms with van der Waals surface area (Å²) in [6, 6.07) is 3.54. The second-order valence-electron chi connectivity index (χ2n) is 5.18. The standard InChI is InChI=1S/C13H18Cl2N2/c1-8-3-9(2)7-17(6-8)13-11(14)4-10(16)5-12(13)15/h4-5,8-9H,3,6-7,16H2,1-2H3/t8-,9+. The highest BCUT2D eigenvalue weighted by molar-refractivity contribution is 6.39. The Bertz CT molecular complexity index is 387. The van der Waals surface area contributed by atoms with Crippen molar-refractivity contribution in [1.82, 2.24) is 0 Å². The molecule has 0 radical (unpaired) electrons. The first kappa shape index (κ1) is 12.8. The maximum absolute atomic E-state index is 6.26. The second-order valence-corrected chi connectivity index (χ2v) is 6.00. The van der Waals surface area contributed by atoms with E-state index in [1.165, 1.54) is 6.42 Å². The van der Waals surface area contributed by atoms with Gasteiger partial charge in [-0.3, -0.25) is 0 Å². The van der Waals surface area contributed by atoms with Crippen molar-refractivity contribution in [3.63, 3.8) is 0 Å². The van der Waals surface area contributed by atoms with Crippen molar-refractivity contribution >= 4 is 34.6 Å². The van der Waals surface area contributed by atoms with E-state index in [2.05, 4.69) is 18.7 Å². The minimum atomic E-state index is 0.613. The summed E-state index contributed by atoms with van der Waals surface area (Å²) in [7, 11) is 0. The molecule has 1 heterocycles. The van der Waals surface area contributed by atoms with E-state index >= 15 is 0 Å². The lowest BCUT2D eigenvalue weighted by atomic mass is 9.91. The van der Waals surface area contributed by atoms with E-state index < -0.39 is 0 Å². The van der Waals surface area contributed by atoms with Crippen LogP contribution in [0.3, 0.4) is 0 Å². The van der Waals surface area contributed by atoms with Crippen molar-refractivity contribution in [2.24, 2.45) is 11.8 Å². The van der Waals surface area contributed by atoms with Gasteiger partial charge in [-0.25, -0.2) is 0 Å². The van der Waals surface area contributed by atoms with Gasteiger partial charge in [-0.05, 0) is 30.4 Å². The lowest BCUT2D eigenvalue weighted by Crippen LogP contribution is -2.39. The summed E-state index contributed by atoms with van der Waals surface area (Å²) < 4.78 is 0. The Morgan fingerprint density at radius 1 is 1.12 bits per heavy atom. The molecule has 94 valence electrons. The predicted octanol–water partition coefficient (Wildman–Crippen LogP) is 4.06. The average molecular weight is 273 g/mol. The molecule has 0 amide bonds. The van der Waals surface area contributed by atoms with Crippen molar-refractivity contribution < 1.29 is 0 Å². The molecule has 2 rings (SSSR count). The van der Waals surface area contributed by atoms with Crippen LogP contribution in [0.2, 0.25) is 10.0 Å². The normalized spacial score (nSPS) is 25.1. The van der Waals surface area contributed by atoms with Crippen molar-refractivity contribution in [3.05, 3.63) is 22.2 Å². The van der Waals surface area contributed by atoms with E-state index in [-0.39, 0.29) is 0 Å². The highest BCUT2D eigenvalue weighted by Gasteiger charge is 2.25. The third-order valence-corrected chi connectivity index (χ3v) is 3.80. The molecule has 1 saturated heterocycles. The zero-order chi connectivity index (χ0) is 12.6. The molecule has 0 spiro atoms. The number of piperidine rings is 1. The summed E-state index contributed by atoms with van der Waals surface area (Å²) >= 11 is 12.5. The molecule has 1 aliphatic rings. The number of halogens is 2. The third kappa shape index (κ3) is 2.80. The SMILES string of the molecule is C[C@@H]1C[C@H](C)CN(c2c(Cl)cc(N)cc2Cl)C1. The highest BCUT2D eigenvalue weighted by Crippen LogP contribution is 2.38. The van der Waals surface area contributed by atoms with Gasteiger partial charge in [0.15, 0.2) is 0 Å². The van der Waals surface area contributed by atoms with Gasteiger partial charge in [0.05, 0.1) is 15.7 Å². The van der Waals surface area contributed by atoms with Gasteiger partial charge in [0, 0.05) is 18.8 Å². The van der Waals surface area contributed by atoms with E-state index in [1.54, 1.807) is 12.1 Å². The van der Waals surface area contributed by atoms with Crippen LogP contribution in [-0.2, 0) is 0 Å².